The third-order valence-corrected chi connectivity index (χ3v) is 3.20. The van der Waals surface area contributed by atoms with Crippen molar-refractivity contribution in [3.63, 3.8) is 0 Å². The Kier molecular flexibility index (Phi) is 1.99. The first-order valence-electron chi connectivity index (χ1n) is 5.51. The minimum atomic E-state index is 0.130. The molecule has 84 valence electrons. The summed E-state index contributed by atoms with van der Waals surface area (Å²) in [7, 11) is 0. The fraction of sp³-hybridized carbons (Fsp3) is 0.0667. The highest BCUT2D eigenvalue weighted by atomic mass is 16.3. The van der Waals surface area contributed by atoms with Gasteiger partial charge >= 0.3 is 0 Å². The van der Waals surface area contributed by atoms with Crippen LogP contribution >= 0.6 is 0 Å². The van der Waals surface area contributed by atoms with Crippen molar-refractivity contribution >= 4 is 21.5 Å². The van der Waals surface area contributed by atoms with E-state index in [9.17, 15) is 10.2 Å². The van der Waals surface area contributed by atoms with Gasteiger partial charge in [-0.05, 0) is 41.3 Å². The van der Waals surface area contributed by atoms with Crippen molar-refractivity contribution in [2.45, 2.75) is 6.92 Å². The van der Waals surface area contributed by atoms with Gasteiger partial charge in [0.25, 0.3) is 0 Å². The molecule has 0 aliphatic carbocycles. The molecule has 0 unspecified atom stereocenters. The van der Waals surface area contributed by atoms with E-state index in [0.717, 1.165) is 21.5 Å². The van der Waals surface area contributed by atoms with E-state index >= 15 is 0 Å². The van der Waals surface area contributed by atoms with Crippen LogP contribution in [0.3, 0.4) is 0 Å². The van der Waals surface area contributed by atoms with E-state index in [1.807, 2.05) is 36.4 Å². The van der Waals surface area contributed by atoms with Crippen LogP contribution in [0.2, 0.25) is 0 Å². The van der Waals surface area contributed by atoms with Crippen LogP contribution in [0.15, 0.2) is 42.5 Å². The van der Waals surface area contributed by atoms with Gasteiger partial charge in [-0.3, -0.25) is 0 Å². The Morgan fingerprint density at radius 2 is 1.47 bits per heavy atom. The molecule has 2 nitrogen and oxygen atoms in total. The Balaban J connectivity index is 2.52. The van der Waals surface area contributed by atoms with Crippen molar-refractivity contribution in [2.24, 2.45) is 0 Å². The summed E-state index contributed by atoms with van der Waals surface area (Å²) in [6, 6.07) is 13.6. The molecule has 0 heterocycles. The van der Waals surface area contributed by atoms with Gasteiger partial charge in [-0.25, -0.2) is 0 Å². The van der Waals surface area contributed by atoms with Gasteiger partial charge in [0.05, 0.1) is 0 Å². The van der Waals surface area contributed by atoms with Crippen LogP contribution in [0.4, 0.5) is 0 Å². The van der Waals surface area contributed by atoms with E-state index < -0.39 is 0 Å². The zero-order valence-electron chi connectivity index (χ0n) is 9.44. The number of benzene rings is 3. The Labute approximate surface area is 98.7 Å². The van der Waals surface area contributed by atoms with Crippen LogP contribution in [0, 0.1) is 6.92 Å². The standard InChI is InChI=1S/C15H12O2/c1-9-14(16)8-12-6-10-4-2-3-5-11(10)7-13(12)15(9)17/h2-8,16-17H,1H3. The highest BCUT2D eigenvalue weighted by molar-refractivity contribution is 6.02. The molecule has 0 atom stereocenters. The van der Waals surface area contributed by atoms with E-state index in [0.29, 0.717) is 5.56 Å². The fourth-order valence-corrected chi connectivity index (χ4v) is 2.16. The van der Waals surface area contributed by atoms with Gasteiger partial charge in [-0.1, -0.05) is 24.3 Å². The van der Waals surface area contributed by atoms with Crippen LogP contribution < -0.4 is 0 Å². The van der Waals surface area contributed by atoms with Crippen molar-refractivity contribution in [1.82, 2.24) is 0 Å². The molecule has 0 radical (unpaired) electrons. The summed E-state index contributed by atoms with van der Waals surface area (Å²) in [5.41, 5.74) is 0.521. The Morgan fingerprint density at radius 3 is 2.18 bits per heavy atom. The Morgan fingerprint density at radius 1 is 0.824 bits per heavy atom. The second kappa shape index (κ2) is 3.39. The predicted molar refractivity (Wildman–Crippen MR) is 69.5 cm³/mol. The summed E-state index contributed by atoms with van der Waals surface area (Å²) in [4.78, 5) is 0. The van der Waals surface area contributed by atoms with Gasteiger partial charge in [0.15, 0.2) is 0 Å². The largest absolute Gasteiger partial charge is 0.508 e. The number of rotatable bonds is 0. The minimum absolute atomic E-state index is 0.130. The lowest BCUT2D eigenvalue weighted by Gasteiger charge is -2.08. The third-order valence-electron chi connectivity index (χ3n) is 3.20. The second-order valence-electron chi connectivity index (χ2n) is 4.29. The highest BCUT2D eigenvalue weighted by Crippen LogP contribution is 2.36. The summed E-state index contributed by atoms with van der Waals surface area (Å²) < 4.78 is 0. The van der Waals surface area contributed by atoms with Gasteiger partial charge in [-0.15, -0.1) is 0 Å². The summed E-state index contributed by atoms with van der Waals surface area (Å²) in [6.07, 6.45) is 0. The monoisotopic (exact) mass is 224 g/mol. The van der Waals surface area contributed by atoms with Gasteiger partial charge in [-0.2, -0.15) is 0 Å². The van der Waals surface area contributed by atoms with Crippen molar-refractivity contribution < 1.29 is 10.2 Å². The van der Waals surface area contributed by atoms with Crippen molar-refractivity contribution in [3.8, 4) is 11.5 Å². The number of aromatic hydroxyl groups is 2. The Bertz CT molecular complexity index is 730. The second-order valence-corrected chi connectivity index (χ2v) is 4.29. The van der Waals surface area contributed by atoms with Crippen LogP contribution in [-0.2, 0) is 0 Å². The first-order valence-corrected chi connectivity index (χ1v) is 5.51. The number of hydrogen-bond acceptors (Lipinski definition) is 2. The molecule has 3 rings (SSSR count). The van der Waals surface area contributed by atoms with E-state index in [-0.39, 0.29) is 11.5 Å². The maximum atomic E-state index is 10.0. The molecule has 0 saturated carbocycles. The Hall–Kier alpha value is -2.22. The summed E-state index contributed by atoms with van der Waals surface area (Å²) in [6.45, 7) is 1.71. The molecule has 0 spiro atoms. The maximum Gasteiger partial charge on any atom is 0.130 e. The molecule has 2 heteroatoms. The highest BCUT2D eigenvalue weighted by Gasteiger charge is 2.09. The molecular formula is C15H12O2. The molecule has 0 aromatic heterocycles. The normalized spacial score (nSPS) is 11.1. The number of hydrogen-bond donors (Lipinski definition) is 2. The molecule has 0 amide bonds. The van der Waals surface area contributed by atoms with Crippen LogP contribution in [-0.4, -0.2) is 10.2 Å². The first kappa shape index (κ1) is 9.97. The number of fused-ring (bicyclic) bond motifs is 2. The van der Waals surface area contributed by atoms with Crippen molar-refractivity contribution in [3.05, 3.63) is 48.0 Å². The smallest absolute Gasteiger partial charge is 0.130 e. The lowest BCUT2D eigenvalue weighted by Crippen LogP contribution is -1.82. The summed E-state index contributed by atoms with van der Waals surface area (Å²) in [5.74, 6) is 0.288. The minimum Gasteiger partial charge on any atom is -0.508 e. The third kappa shape index (κ3) is 1.41. The van der Waals surface area contributed by atoms with E-state index in [2.05, 4.69) is 0 Å². The van der Waals surface area contributed by atoms with Crippen molar-refractivity contribution in [2.75, 3.05) is 0 Å². The average molecular weight is 224 g/mol. The van der Waals surface area contributed by atoms with Gasteiger partial charge in [0.2, 0.25) is 0 Å². The number of phenols is 2. The number of phenolic OH excluding ortho intramolecular Hbond substituents is 2. The van der Waals surface area contributed by atoms with Gasteiger partial charge in [0, 0.05) is 10.9 Å². The lowest BCUT2D eigenvalue weighted by molar-refractivity contribution is 0.448. The molecule has 3 aromatic rings. The van der Waals surface area contributed by atoms with Gasteiger partial charge < -0.3 is 10.2 Å². The molecule has 2 N–H and O–H groups in total. The molecule has 0 aliphatic rings. The summed E-state index contributed by atoms with van der Waals surface area (Å²) >= 11 is 0. The molecule has 0 fully saturated rings. The zero-order valence-corrected chi connectivity index (χ0v) is 9.44. The van der Waals surface area contributed by atoms with E-state index in [1.54, 1.807) is 13.0 Å². The maximum absolute atomic E-state index is 10.0. The molecular weight excluding hydrogens is 212 g/mol. The SMILES string of the molecule is Cc1c(O)cc2cc3ccccc3cc2c1O. The molecule has 3 aromatic carbocycles. The molecule has 0 aliphatic heterocycles. The molecule has 17 heavy (non-hydrogen) atoms. The lowest BCUT2D eigenvalue weighted by atomic mass is 10.0. The van der Waals surface area contributed by atoms with Gasteiger partial charge in [0.1, 0.15) is 11.5 Å². The fourth-order valence-electron chi connectivity index (χ4n) is 2.16. The first-order chi connectivity index (χ1) is 8.16. The molecule has 0 bridgehead atoms. The molecule has 0 saturated heterocycles. The average Bonchev–Trinajstić information content (AvgIpc) is 2.34. The summed E-state index contributed by atoms with van der Waals surface area (Å²) in [5, 5.41) is 23.6. The predicted octanol–water partition coefficient (Wildman–Crippen LogP) is 3.71. The van der Waals surface area contributed by atoms with Crippen LogP contribution in [0.5, 0.6) is 11.5 Å². The van der Waals surface area contributed by atoms with Crippen LogP contribution in [0.1, 0.15) is 5.56 Å². The van der Waals surface area contributed by atoms with E-state index in [4.69, 9.17) is 0 Å². The zero-order chi connectivity index (χ0) is 12.0. The van der Waals surface area contributed by atoms with Crippen molar-refractivity contribution in [1.29, 1.82) is 0 Å². The van der Waals surface area contributed by atoms with E-state index in [1.165, 1.54) is 0 Å². The topological polar surface area (TPSA) is 40.5 Å². The quantitative estimate of drug-likeness (QED) is 0.571. The van der Waals surface area contributed by atoms with Crippen LogP contribution in [0.25, 0.3) is 21.5 Å².